The zero-order valence-corrected chi connectivity index (χ0v) is 25.1. The summed E-state index contributed by atoms with van der Waals surface area (Å²) in [6.07, 6.45) is 10.2. The van der Waals surface area contributed by atoms with Crippen LogP contribution in [-0.2, 0) is 38.2 Å². The van der Waals surface area contributed by atoms with Gasteiger partial charge in [-0.1, -0.05) is 36.8 Å². The minimum Gasteiger partial charge on any atom is -0.389 e. The van der Waals surface area contributed by atoms with Gasteiger partial charge in [-0.3, -0.25) is 14.4 Å². The molecule has 0 aromatic rings. The van der Waals surface area contributed by atoms with Gasteiger partial charge >= 0.3 is 5.97 Å². The molecule has 4 aliphatic heterocycles. The number of rotatable bonds is 10. The fourth-order valence-corrected chi connectivity index (χ4v) is 5.91. The number of nitrogens with zero attached hydrogens (tertiary/aromatic N) is 1. The van der Waals surface area contributed by atoms with Crippen molar-refractivity contribution < 1.29 is 43.3 Å². The summed E-state index contributed by atoms with van der Waals surface area (Å²) in [6, 6.07) is -0.100. The van der Waals surface area contributed by atoms with E-state index in [2.05, 4.69) is 18.3 Å². The Bertz CT molecular complexity index is 1120. The number of aliphatic hydroxyl groups excluding tert-OH is 1. The highest BCUT2D eigenvalue weighted by atomic mass is 16.7. The van der Waals surface area contributed by atoms with Crippen LogP contribution in [0.2, 0.25) is 0 Å². The maximum absolute atomic E-state index is 12.5. The molecule has 4 saturated heterocycles. The molecule has 42 heavy (non-hydrogen) atoms. The molecular weight excluding hydrogens is 544 g/mol. The molecule has 3 amide bonds. The molecule has 0 saturated carbocycles. The first-order valence-electron chi connectivity index (χ1n) is 14.9. The fourth-order valence-electron chi connectivity index (χ4n) is 5.91. The number of carbonyl (C=O) groups is 4. The van der Waals surface area contributed by atoms with Crippen LogP contribution >= 0.6 is 0 Å². The van der Waals surface area contributed by atoms with E-state index in [4.69, 9.17) is 19.0 Å². The Morgan fingerprint density at radius 1 is 1.14 bits per heavy atom. The van der Waals surface area contributed by atoms with Crippen molar-refractivity contribution in [2.75, 3.05) is 0 Å². The van der Waals surface area contributed by atoms with Gasteiger partial charge in [0.25, 0.3) is 11.8 Å². The third-order valence-corrected chi connectivity index (χ3v) is 8.49. The predicted molar refractivity (Wildman–Crippen MR) is 151 cm³/mol. The smallest absolute Gasteiger partial charge is 0.335 e. The summed E-state index contributed by atoms with van der Waals surface area (Å²) in [7, 11) is 0. The molecule has 11 heteroatoms. The number of allylic oxidation sites excluding steroid dienone is 2. The number of imide groups is 1. The Balaban J connectivity index is 1.28. The Morgan fingerprint density at radius 2 is 1.83 bits per heavy atom. The van der Waals surface area contributed by atoms with E-state index in [0.29, 0.717) is 17.9 Å². The van der Waals surface area contributed by atoms with Crippen molar-refractivity contribution in [3.8, 4) is 0 Å². The molecule has 0 radical (unpaired) electrons. The van der Waals surface area contributed by atoms with E-state index in [1.807, 2.05) is 32.9 Å². The maximum Gasteiger partial charge on any atom is 0.335 e. The first kappa shape index (κ1) is 32.1. The summed E-state index contributed by atoms with van der Waals surface area (Å²) in [5.74, 6) is -1.70. The average Bonchev–Trinajstić information content (AvgIpc) is 3.41. The molecule has 0 aromatic carbocycles. The molecule has 0 unspecified atom stereocenters. The van der Waals surface area contributed by atoms with Gasteiger partial charge in [0.2, 0.25) is 5.91 Å². The second-order valence-corrected chi connectivity index (χ2v) is 12.1. The predicted octanol–water partition coefficient (Wildman–Crippen LogP) is 2.82. The normalized spacial score (nSPS) is 36.2. The molecule has 4 rings (SSSR count). The van der Waals surface area contributed by atoms with Crippen LogP contribution in [0.3, 0.4) is 0 Å². The van der Waals surface area contributed by atoms with Gasteiger partial charge in [-0.05, 0) is 46.5 Å². The zero-order valence-electron chi connectivity index (χ0n) is 25.1. The molecule has 0 aliphatic carbocycles. The van der Waals surface area contributed by atoms with E-state index in [1.165, 1.54) is 12.2 Å². The highest BCUT2D eigenvalue weighted by Crippen LogP contribution is 2.48. The van der Waals surface area contributed by atoms with E-state index in [9.17, 15) is 24.3 Å². The first-order valence-corrected chi connectivity index (χ1v) is 14.9. The van der Waals surface area contributed by atoms with Crippen LogP contribution in [0.25, 0.3) is 0 Å². The quantitative estimate of drug-likeness (QED) is 0.170. The third-order valence-electron chi connectivity index (χ3n) is 8.49. The number of amides is 3. The molecule has 1 spiro atoms. The van der Waals surface area contributed by atoms with Crippen LogP contribution in [-0.4, -0.2) is 82.1 Å². The van der Waals surface area contributed by atoms with Crippen molar-refractivity contribution in [2.45, 2.75) is 128 Å². The largest absolute Gasteiger partial charge is 0.389 e. The lowest BCUT2D eigenvalue weighted by atomic mass is 9.87. The fraction of sp³-hybridized carbons (Fsp3) is 0.677. The Hall–Kier alpha value is -2.86. The summed E-state index contributed by atoms with van der Waals surface area (Å²) < 4.78 is 18.4. The van der Waals surface area contributed by atoms with Crippen LogP contribution in [0, 0.1) is 5.92 Å². The molecule has 11 nitrogen and oxygen atoms in total. The van der Waals surface area contributed by atoms with Crippen LogP contribution < -0.4 is 5.32 Å². The second-order valence-electron chi connectivity index (χ2n) is 12.1. The summed E-state index contributed by atoms with van der Waals surface area (Å²) in [5.41, 5.74) is 0.696. The van der Waals surface area contributed by atoms with Crippen molar-refractivity contribution in [3.05, 3.63) is 36.0 Å². The molecule has 232 valence electrons. The Labute approximate surface area is 247 Å². The van der Waals surface area contributed by atoms with Gasteiger partial charge in [0.05, 0.1) is 54.7 Å². The van der Waals surface area contributed by atoms with Gasteiger partial charge in [-0.2, -0.15) is 0 Å². The Kier molecular flexibility index (Phi) is 10.4. The van der Waals surface area contributed by atoms with Gasteiger partial charge in [0, 0.05) is 31.8 Å². The summed E-state index contributed by atoms with van der Waals surface area (Å²) in [5, 5.41) is 12.9. The summed E-state index contributed by atoms with van der Waals surface area (Å²) in [6.45, 7) is 9.69. The molecule has 0 bridgehead atoms. The third kappa shape index (κ3) is 8.37. The Morgan fingerprint density at radius 3 is 2.48 bits per heavy atom. The lowest BCUT2D eigenvalue weighted by Gasteiger charge is -2.39. The average molecular weight is 589 g/mol. The summed E-state index contributed by atoms with van der Waals surface area (Å²) >= 11 is 0. The summed E-state index contributed by atoms with van der Waals surface area (Å²) in [4.78, 5) is 53.2. The molecule has 2 N–H and O–H groups in total. The van der Waals surface area contributed by atoms with Crippen molar-refractivity contribution in [1.82, 2.24) is 10.4 Å². The highest BCUT2D eigenvalue weighted by molar-refractivity contribution is 6.01. The second kappa shape index (κ2) is 13.6. The number of hydrogen-bond acceptors (Lipinski definition) is 9. The lowest BCUT2D eigenvalue weighted by Crippen LogP contribution is -2.50. The SMILES string of the molecule is CC(/C=C/[C@@H]1C[C@]2(C[C@@H](CC(=O)ON3C(=O)CCC3=O)O1)O[C@@H]2C)=C\C[C@@H]1O[C@H](C)[C@H](NC(=O)/C=C\[C@H](C)O)C[C@@H]1C. The molecule has 4 heterocycles. The van der Waals surface area contributed by atoms with Gasteiger partial charge in [0.15, 0.2) is 0 Å². The van der Waals surface area contributed by atoms with Crippen LogP contribution in [0.1, 0.15) is 79.6 Å². The minimum atomic E-state index is -0.679. The zero-order chi connectivity index (χ0) is 30.6. The van der Waals surface area contributed by atoms with Crippen LogP contribution in [0.4, 0.5) is 0 Å². The number of ether oxygens (including phenoxy) is 3. The van der Waals surface area contributed by atoms with Crippen LogP contribution in [0.5, 0.6) is 0 Å². The number of nitrogens with one attached hydrogen (secondary N) is 1. The molecule has 9 atom stereocenters. The molecule has 4 fully saturated rings. The number of epoxide rings is 1. The monoisotopic (exact) mass is 588 g/mol. The van der Waals surface area contributed by atoms with Crippen molar-refractivity contribution in [1.29, 1.82) is 0 Å². The van der Waals surface area contributed by atoms with E-state index < -0.39 is 30.0 Å². The van der Waals surface area contributed by atoms with Crippen molar-refractivity contribution in [3.63, 3.8) is 0 Å². The molecule has 4 aliphatic rings. The highest BCUT2D eigenvalue weighted by Gasteiger charge is 2.58. The van der Waals surface area contributed by atoms with E-state index in [-0.39, 0.29) is 67.1 Å². The topological polar surface area (TPSA) is 144 Å². The van der Waals surface area contributed by atoms with Gasteiger partial charge < -0.3 is 29.5 Å². The minimum absolute atomic E-state index is 0.0178. The van der Waals surface area contributed by atoms with Gasteiger partial charge in [-0.15, -0.1) is 5.06 Å². The lowest BCUT2D eigenvalue weighted by molar-refractivity contribution is -0.200. The van der Waals surface area contributed by atoms with E-state index in [1.54, 1.807) is 6.92 Å². The van der Waals surface area contributed by atoms with E-state index in [0.717, 1.165) is 18.4 Å². The first-order chi connectivity index (χ1) is 19.8. The van der Waals surface area contributed by atoms with Crippen molar-refractivity contribution in [2.24, 2.45) is 5.92 Å². The molecular formula is C31H44N2O9. The standard InChI is InChI=1S/C31H44N2O9/c1-18(7-10-26-19(2)14-25(21(4)39-26)32-27(35)11-8-20(3)34)6-9-23-16-31(22(5)41-31)17-24(40-23)15-30(38)42-33-28(36)12-13-29(33)37/h6-9,11,19-26,34H,10,12-17H2,1-5H3,(H,32,35)/b9-6+,11-8-,18-7+/t19-,20-,21+,22+,23+,24+,25+,26-,31+/m0/s1. The number of aliphatic hydroxyl groups is 1. The maximum atomic E-state index is 12.5. The number of hydroxylamine groups is 2. The number of hydrogen-bond donors (Lipinski definition) is 2. The van der Waals surface area contributed by atoms with Crippen LogP contribution in [0.15, 0.2) is 36.0 Å². The van der Waals surface area contributed by atoms with E-state index >= 15 is 0 Å². The number of carbonyl (C=O) groups excluding carboxylic acids is 4. The van der Waals surface area contributed by atoms with Gasteiger partial charge in [0.1, 0.15) is 0 Å². The molecule has 0 aromatic heterocycles. The van der Waals surface area contributed by atoms with Crippen molar-refractivity contribution >= 4 is 23.7 Å². The van der Waals surface area contributed by atoms with Gasteiger partial charge in [-0.25, -0.2) is 4.79 Å².